The van der Waals surface area contributed by atoms with Crippen LogP contribution in [-0.4, -0.2) is 88.1 Å². The molecular weight excluding hydrogens is 238 g/mol. The van der Waals surface area contributed by atoms with Crippen molar-refractivity contribution < 1.29 is 56.2 Å². The Morgan fingerprint density at radius 1 is 1.17 bits per heavy atom. The van der Waals surface area contributed by atoms with E-state index >= 15 is 0 Å². The second kappa shape index (κ2) is 8.86. The number of rotatable bonds is 2. The molecule has 0 aromatic rings. The van der Waals surface area contributed by atoms with Crippen LogP contribution in [0.15, 0.2) is 0 Å². The van der Waals surface area contributed by atoms with Gasteiger partial charge in [-0.25, -0.2) is 0 Å². The molecule has 1 amide bonds. The molecule has 3 rings (SSSR count). The summed E-state index contributed by atoms with van der Waals surface area (Å²) in [6.45, 7) is 0.441. The van der Waals surface area contributed by atoms with Crippen molar-refractivity contribution in [2.45, 2.75) is 18.0 Å². The molecular formula is C6H10B9KNO+. The van der Waals surface area contributed by atoms with Crippen molar-refractivity contribution >= 4 is 69.1 Å². The molecule has 3 saturated heterocycles. The Bertz CT molecular complexity index is 264. The van der Waals surface area contributed by atoms with Gasteiger partial charge in [0.25, 0.3) is 0 Å². The predicted molar refractivity (Wildman–Crippen MR) is 82.6 cm³/mol. The third-order valence-electron chi connectivity index (χ3n) is 3.45. The van der Waals surface area contributed by atoms with Gasteiger partial charge in [-0.3, -0.25) is 4.79 Å². The molecule has 3 fully saturated rings. The average molecular weight is 249 g/mol. The van der Waals surface area contributed by atoms with Crippen molar-refractivity contribution in [3.8, 4) is 0 Å². The van der Waals surface area contributed by atoms with Gasteiger partial charge in [-0.05, 0) is 0 Å². The summed E-state index contributed by atoms with van der Waals surface area (Å²) in [4.78, 5) is 13.4. The fraction of sp³-hybridized carbons (Fsp3) is 0.833. The number of carbonyl (C=O) groups is 1. The summed E-state index contributed by atoms with van der Waals surface area (Å²) in [6, 6.07) is 0. The summed E-state index contributed by atoms with van der Waals surface area (Å²) in [5.41, 5.74) is 0.441. The SMILES string of the molecule is CN(C)C(=O)CC1B2[B][B][B][B][B][B][B]C1[B]2.[K+]. The van der Waals surface area contributed by atoms with Crippen molar-refractivity contribution in [3.63, 3.8) is 0 Å². The molecule has 0 spiro atoms. The molecule has 3 aliphatic rings. The third kappa shape index (κ3) is 4.91. The molecule has 8 radical (unpaired) electrons. The van der Waals surface area contributed by atoms with Crippen LogP contribution in [0.25, 0.3) is 0 Å². The third-order valence-corrected chi connectivity index (χ3v) is 3.45. The minimum absolute atomic E-state index is 0. The van der Waals surface area contributed by atoms with Crippen molar-refractivity contribution in [1.82, 2.24) is 4.90 Å². The summed E-state index contributed by atoms with van der Waals surface area (Å²) < 4.78 is 0. The van der Waals surface area contributed by atoms with E-state index in [4.69, 9.17) is 0 Å². The van der Waals surface area contributed by atoms with Gasteiger partial charge >= 0.3 is 51.4 Å². The van der Waals surface area contributed by atoms with Crippen molar-refractivity contribution in [2.24, 2.45) is 0 Å². The first-order valence-electron chi connectivity index (χ1n) is 6.08. The van der Waals surface area contributed by atoms with E-state index in [1.165, 1.54) is 0 Å². The molecule has 18 heavy (non-hydrogen) atoms. The fourth-order valence-corrected chi connectivity index (χ4v) is 2.30. The maximum absolute atomic E-state index is 11.8. The zero-order valence-corrected chi connectivity index (χ0v) is 14.5. The molecule has 3 aliphatic heterocycles. The van der Waals surface area contributed by atoms with Crippen LogP contribution in [0.2, 0.25) is 11.5 Å². The molecule has 2 unspecified atom stereocenters. The van der Waals surface area contributed by atoms with Crippen LogP contribution in [0.5, 0.6) is 0 Å². The number of carbonyl (C=O) groups excluding carboxylic acids is 1. The van der Waals surface area contributed by atoms with Crippen molar-refractivity contribution in [3.05, 3.63) is 0 Å². The molecule has 2 atom stereocenters. The smallest absolute Gasteiger partial charge is 0.349 e. The Morgan fingerprint density at radius 2 is 1.83 bits per heavy atom. The molecule has 0 aliphatic carbocycles. The topological polar surface area (TPSA) is 20.3 Å². The molecule has 2 nitrogen and oxygen atoms in total. The first-order chi connectivity index (χ1) is 8.18. The molecule has 12 heteroatoms. The number of hydrogen-bond donors (Lipinski definition) is 0. The van der Waals surface area contributed by atoms with E-state index in [2.05, 4.69) is 35.5 Å². The number of fused-ring (bicyclic) bond motifs is 6. The largest absolute Gasteiger partial charge is 1.00 e. The van der Waals surface area contributed by atoms with Crippen molar-refractivity contribution in [1.29, 1.82) is 0 Å². The normalized spacial score (nSPS) is 24.2. The number of nitrogens with zero attached hydrogens (tertiary/aromatic N) is 1. The zero-order valence-electron chi connectivity index (χ0n) is 11.4. The van der Waals surface area contributed by atoms with Crippen LogP contribution in [0.4, 0.5) is 0 Å². The summed E-state index contributed by atoms with van der Waals surface area (Å²) >= 11 is 0. The molecule has 0 N–H and O–H groups in total. The van der Waals surface area contributed by atoms with Crippen molar-refractivity contribution in [2.75, 3.05) is 14.1 Å². The van der Waals surface area contributed by atoms with Crippen LogP contribution in [0.3, 0.4) is 0 Å². The van der Waals surface area contributed by atoms with E-state index in [1.54, 1.807) is 4.90 Å². The van der Waals surface area contributed by atoms with Gasteiger partial charge in [0.15, 0.2) is 0 Å². The Hall–Kier alpha value is 1.69. The predicted octanol–water partition coefficient (Wildman–Crippen LogP) is -5.78. The Morgan fingerprint density at radius 3 is 2.56 bits per heavy atom. The van der Waals surface area contributed by atoms with E-state index < -0.39 is 0 Å². The van der Waals surface area contributed by atoms with Gasteiger partial charge in [0.05, 0.1) is 13.7 Å². The van der Waals surface area contributed by atoms with Gasteiger partial charge in [-0.2, -0.15) is 0 Å². The van der Waals surface area contributed by atoms with Crippen LogP contribution in [-0.2, 0) is 4.79 Å². The first kappa shape index (κ1) is 17.7. The Labute approximate surface area is 160 Å². The summed E-state index contributed by atoms with van der Waals surface area (Å²) in [5, 5.41) is 0. The van der Waals surface area contributed by atoms with E-state index in [0.717, 1.165) is 0 Å². The summed E-state index contributed by atoms with van der Waals surface area (Å²) in [6.07, 6.45) is 0.636. The maximum Gasteiger partial charge on any atom is 1.00 e. The van der Waals surface area contributed by atoms with Crippen LogP contribution in [0.1, 0.15) is 6.42 Å². The molecule has 0 saturated carbocycles. The Balaban J connectivity index is 0.00000162. The van der Waals surface area contributed by atoms with Gasteiger partial charge in [-0.1, -0.05) is 5.82 Å². The van der Waals surface area contributed by atoms with Crippen LogP contribution >= 0.6 is 0 Å². The molecule has 0 aromatic heterocycles. The molecule has 3 heterocycles. The fourth-order valence-electron chi connectivity index (χ4n) is 2.30. The monoisotopic (exact) mass is 250 g/mol. The maximum atomic E-state index is 11.8. The second-order valence-corrected chi connectivity index (χ2v) is 4.85. The van der Waals surface area contributed by atoms with E-state index in [0.29, 0.717) is 24.4 Å². The van der Waals surface area contributed by atoms with Crippen LogP contribution in [0, 0.1) is 0 Å². The average Bonchev–Trinajstić information content (AvgIpc) is 2.32. The van der Waals surface area contributed by atoms with Gasteiger partial charge in [0.1, 0.15) is 0 Å². The summed E-state index contributed by atoms with van der Waals surface area (Å²) in [5.74, 6) is 0.647. The van der Waals surface area contributed by atoms with E-state index in [9.17, 15) is 4.79 Å². The zero-order chi connectivity index (χ0) is 12.3. The Kier molecular flexibility index (Phi) is 8.74. The quantitative estimate of drug-likeness (QED) is 0.446. The van der Waals surface area contributed by atoms with Gasteiger partial charge in [-0.15, -0.1) is 5.72 Å². The first-order valence-corrected chi connectivity index (χ1v) is 6.08. The summed E-state index contributed by atoms with van der Waals surface area (Å²) in [7, 11) is 20.6. The van der Waals surface area contributed by atoms with Gasteiger partial charge in [0, 0.05) is 70.1 Å². The van der Waals surface area contributed by atoms with Gasteiger partial charge in [0.2, 0.25) is 5.91 Å². The minimum Gasteiger partial charge on any atom is -0.349 e. The standard InChI is InChI=1S/C6H10B9NO.K/c1-16(2)5(17)3-4-6-7-9-10-11-12-13-14-15(4)8-6;/h4,6H,3H2,1-2H3;/q;+1. The van der Waals surface area contributed by atoms with E-state index in [1.807, 2.05) is 35.3 Å². The number of amides is 1. The second-order valence-electron chi connectivity index (χ2n) is 4.85. The minimum atomic E-state index is 0. The van der Waals surface area contributed by atoms with E-state index in [-0.39, 0.29) is 57.3 Å². The molecule has 72 valence electrons. The number of hydrogen-bond acceptors (Lipinski definition) is 1. The molecule has 2 bridgehead atoms. The molecule has 0 aromatic carbocycles. The van der Waals surface area contributed by atoms with Gasteiger partial charge < -0.3 is 4.90 Å². The van der Waals surface area contributed by atoms with Crippen LogP contribution < -0.4 is 51.4 Å².